The molecule has 0 aromatic heterocycles. The molecule has 0 atom stereocenters. The largest absolute Gasteiger partial charge is 0.507 e. The van der Waals surface area contributed by atoms with E-state index in [1.54, 1.807) is 0 Å². The van der Waals surface area contributed by atoms with Crippen LogP contribution in [0.2, 0.25) is 0 Å². The normalized spacial score (nSPS) is 15.3. The minimum Gasteiger partial charge on any atom is -0.507 e. The van der Waals surface area contributed by atoms with Crippen molar-refractivity contribution in [2.24, 2.45) is 0 Å². The van der Waals surface area contributed by atoms with Gasteiger partial charge in [0.05, 0.1) is 0 Å². The number of hydrogen-bond acceptors (Lipinski definition) is 6. The Hall–Kier alpha value is -7.64. The van der Waals surface area contributed by atoms with Crippen LogP contribution in [-0.2, 0) is 60.4 Å². The number of hydrogen-bond donors (Lipinski definition) is 2. The summed E-state index contributed by atoms with van der Waals surface area (Å²) in [6.45, 7) is 32.4. The third-order valence-corrected chi connectivity index (χ3v) is 18.6. The van der Waals surface area contributed by atoms with Gasteiger partial charge in [-0.2, -0.15) is 0 Å². The Morgan fingerprint density at radius 2 is 0.570 bits per heavy atom. The van der Waals surface area contributed by atoms with Gasteiger partial charge in [0.2, 0.25) is 0 Å². The van der Waals surface area contributed by atoms with Crippen LogP contribution in [0.15, 0.2) is 158 Å². The Balaban J connectivity index is 1.11. The Morgan fingerprint density at radius 3 is 0.826 bits per heavy atom. The molecule has 3 aliphatic rings. The maximum absolute atomic E-state index is 13.1. The van der Waals surface area contributed by atoms with Crippen molar-refractivity contribution in [3.8, 4) is 23.0 Å². The highest BCUT2D eigenvalue weighted by molar-refractivity contribution is 6.03. The van der Waals surface area contributed by atoms with Crippen molar-refractivity contribution in [3.63, 3.8) is 0 Å². The molecule has 86 heavy (non-hydrogen) atoms. The van der Waals surface area contributed by atoms with E-state index in [1.165, 1.54) is 76.5 Å². The fourth-order valence-corrected chi connectivity index (χ4v) is 13.4. The number of fused-ring (bicyclic) bond motifs is 13. The van der Waals surface area contributed by atoms with Crippen LogP contribution in [0.4, 0.5) is 0 Å². The molecule has 0 radical (unpaired) electrons. The first-order valence-electron chi connectivity index (χ1n) is 31.4. The summed E-state index contributed by atoms with van der Waals surface area (Å²) in [5, 5.41) is 36.1. The van der Waals surface area contributed by atoms with Gasteiger partial charge in [0.15, 0.2) is 0 Å². The van der Waals surface area contributed by atoms with E-state index in [0.717, 1.165) is 82.2 Å². The molecule has 2 aliphatic heterocycles. The van der Waals surface area contributed by atoms with E-state index in [4.69, 9.17) is 9.47 Å². The summed E-state index contributed by atoms with van der Waals surface area (Å²) >= 11 is 0. The van der Waals surface area contributed by atoms with Crippen molar-refractivity contribution in [1.29, 1.82) is 0 Å². The molecular weight excluding hydrogens is 1050 g/mol. The monoisotopic (exact) mass is 1140 g/mol. The predicted molar refractivity (Wildman–Crippen MR) is 360 cm³/mol. The molecule has 6 nitrogen and oxygen atoms in total. The Kier molecular flexibility index (Phi) is 15.6. The maximum Gasteiger partial charge on any atom is 0.126 e. The second-order valence-electron chi connectivity index (χ2n) is 29.1. The van der Waals surface area contributed by atoms with Crippen molar-refractivity contribution < 1.29 is 19.7 Å². The van der Waals surface area contributed by atoms with Crippen LogP contribution < -0.4 is 9.47 Å². The third-order valence-electron chi connectivity index (χ3n) is 18.6. The van der Waals surface area contributed by atoms with E-state index >= 15 is 0 Å². The summed E-state index contributed by atoms with van der Waals surface area (Å²) in [4.78, 5) is 5.23. The van der Waals surface area contributed by atoms with Gasteiger partial charge < -0.3 is 19.7 Å². The maximum atomic E-state index is 13.1. The number of benzene rings is 10. The summed E-state index contributed by atoms with van der Waals surface area (Å²) in [6.07, 6.45) is 1.81. The lowest BCUT2D eigenvalue weighted by Crippen LogP contribution is -2.38. The highest BCUT2D eigenvalue weighted by Gasteiger charge is 2.30. The lowest BCUT2D eigenvalue weighted by molar-refractivity contribution is 0.153. The van der Waals surface area contributed by atoms with Crippen LogP contribution in [0.25, 0.3) is 43.1 Å². The minimum absolute atomic E-state index is 0.217. The zero-order valence-corrected chi connectivity index (χ0v) is 53.1. The second kappa shape index (κ2) is 22.9. The number of rotatable bonds is 4. The smallest absolute Gasteiger partial charge is 0.126 e. The Labute approximate surface area is 511 Å². The zero-order chi connectivity index (χ0) is 60.5. The molecule has 10 aromatic rings. The molecule has 0 fully saturated rings. The van der Waals surface area contributed by atoms with E-state index in [2.05, 4.69) is 251 Å². The molecule has 13 rings (SSSR count). The number of ether oxygens (including phenoxy) is 2. The predicted octanol–water partition coefficient (Wildman–Crippen LogP) is 18.4. The lowest BCUT2D eigenvalue weighted by atomic mass is 9.79. The molecule has 0 spiro atoms. The topological polar surface area (TPSA) is 65.4 Å². The van der Waals surface area contributed by atoms with Gasteiger partial charge >= 0.3 is 0 Å². The molecular formula is C80H88N2O4. The molecule has 2 heterocycles. The summed E-state index contributed by atoms with van der Waals surface area (Å²) < 4.78 is 15.1. The zero-order valence-electron chi connectivity index (χ0n) is 53.1. The minimum atomic E-state index is -0.220. The standard InChI is InChI=1S/C80H88N2O4/c1-77(2,3)63-41-55-37-59-45-65(79(7,8)9)47-61-39-57-43-64(78(4,5)6)44-58(74(57)84)40-62-48-66(80(10,11)12)46-60(38-56(42-63)73(55)83)76(62)86-34-32-82(50-72-69-27-19-15-23-53(69)36-54-24-16-20-28-70(54)72)30-29-81(31-33-85-75(59)61)49-71-67-25-17-13-21-51(67)35-52-22-14-18-26-68(52)71/h13-28,35-36,41-48,83-84H,29-34,37-40,49-50H2,1-12H3. The van der Waals surface area contributed by atoms with Gasteiger partial charge in [-0.1, -0.05) is 229 Å². The summed E-state index contributed by atoms with van der Waals surface area (Å²) in [7, 11) is 0. The molecule has 2 N–H and O–H groups in total. The van der Waals surface area contributed by atoms with Crippen LogP contribution in [-0.4, -0.2) is 59.4 Å². The summed E-state index contributed by atoms with van der Waals surface area (Å²) in [6, 6.07) is 58.4. The number of phenolic OH excluding ortho intramolecular Hbond substituents is 2. The Morgan fingerprint density at radius 1 is 0.326 bits per heavy atom. The van der Waals surface area contributed by atoms with Crippen molar-refractivity contribution in [2.45, 2.75) is 144 Å². The van der Waals surface area contributed by atoms with Gasteiger partial charge in [0.1, 0.15) is 36.2 Å². The molecule has 0 unspecified atom stereocenters. The summed E-state index contributed by atoms with van der Waals surface area (Å²) in [5.74, 6) is 2.26. The van der Waals surface area contributed by atoms with Gasteiger partial charge in [-0.05, 0) is 155 Å². The van der Waals surface area contributed by atoms with Gasteiger partial charge in [0, 0.05) is 65.0 Å². The van der Waals surface area contributed by atoms with E-state index < -0.39 is 0 Å². The van der Waals surface area contributed by atoms with Gasteiger partial charge in [-0.25, -0.2) is 0 Å². The number of phenols is 2. The fourth-order valence-electron chi connectivity index (χ4n) is 13.4. The van der Waals surface area contributed by atoms with Gasteiger partial charge in [-0.3, -0.25) is 9.80 Å². The van der Waals surface area contributed by atoms with Crippen LogP contribution in [0, 0.1) is 0 Å². The molecule has 10 aromatic carbocycles. The third kappa shape index (κ3) is 12.1. The van der Waals surface area contributed by atoms with Crippen molar-refractivity contribution in [3.05, 3.63) is 236 Å². The molecule has 10 bridgehead atoms. The van der Waals surface area contributed by atoms with Crippen LogP contribution in [0.5, 0.6) is 23.0 Å². The van der Waals surface area contributed by atoms with Crippen molar-refractivity contribution in [2.75, 3.05) is 39.4 Å². The molecule has 442 valence electrons. The SMILES string of the molecule is CC(C)(C)c1cc2c(O)c(c1)Cc1cc(C(C)(C)C)cc3c1OCCN(Cc1c4ccccc4cc4ccccc14)CCN(Cc1c4ccccc4cc4ccccc14)CCOc1c(cc(C(C)(C)C)cc1Cc1cc(C(C)(C)C)cc(c1O)C3)C2. The van der Waals surface area contributed by atoms with Crippen LogP contribution in [0.3, 0.4) is 0 Å². The first-order valence-corrected chi connectivity index (χ1v) is 31.4. The average molecular weight is 1140 g/mol. The van der Waals surface area contributed by atoms with Crippen LogP contribution >= 0.6 is 0 Å². The molecule has 6 heteroatoms. The highest BCUT2D eigenvalue weighted by atomic mass is 16.5. The molecule has 0 saturated heterocycles. The first-order chi connectivity index (χ1) is 40.9. The van der Waals surface area contributed by atoms with Gasteiger partial charge in [-0.15, -0.1) is 0 Å². The highest BCUT2D eigenvalue weighted by Crippen LogP contribution is 2.45. The first kappa shape index (κ1) is 58.7. The van der Waals surface area contributed by atoms with Crippen molar-refractivity contribution in [1.82, 2.24) is 9.80 Å². The number of aromatic hydroxyl groups is 2. The van der Waals surface area contributed by atoms with Gasteiger partial charge in [0.25, 0.3) is 0 Å². The average Bonchev–Trinajstić information content (AvgIpc) is 1.14. The fraction of sp³-hybridized carbons (Fsp3) is 0.350. The van der Waals surface area contributed by atoms with E-state index in [0.29, 0.717) is 63.5 Å². The molecule has 1 aliphatic carbocycles. The quantitative estimate of drug-likeness (QED) is 0.135. The van der Waals surface area contributed by atoms with E-state index in [-0.39, 0.29) is 21.7 Å². The van der Waals surface area contributed by atoms with Crippen molar-refractivity contribution >= 4 is 43.1 Å². The molecule has 0 amide bonds. The number of nitrogens with zero attached hydrogens (tertiary/aromatic N) is 2. The molecule has 0 saturated carbocycles. The summed E-state index contributed by atoms with van der Waals surface area (Å²) in [5.41, 5.74) is 14.0. The van der Waals surface area contributed by atoms with E-state index in [1.807, 2.05) is 0 Å². The van der Waals surface area contributed by atoms with E-state index in [9.17, 15) is 10.2 Å². The second-order valence-corrected chi connectivity index (χ2v) is 29.1. The lowest BCUT2D eigenvalue weighted by Gasteiger charge is -2.30. The van der Waals surface area contributed by atoms with Crippen LogP contribution in [0.1, 0.15) is 161 Å². The Bertz CT molecular complexity index is 3740.